The van der Waals surface area contributed by atoms with E-state index in [1.165, 1.54) is 116 Å². The summed E-state index contributed by atoms with van der Waals surface area (Å²) in [5.74, 6) is -2.38. The lowest BCUT2D eigenvalue weighted by molar-refractivity contribution is -0.161. The van der Waals surface area contributed by atoms with Crippen molar-refractivity contribution in [2.24, 2.45) is 5.73 Å². The summed E-state index contributed by atoms with van der Waals surface area (Å²) in [5.41, 5.74) is 5.33. The number of carboxylic acid groups (broad SMARTS) is 1. The number of ether oxygens (including phenoxy) is 2. The number of rotatable bonds is 42. The van der Waals surface area contributed by atoms with E-state index in [0.717, 1.165) is 57.8 Å². The first-order chi connectivity index (χ1) is 26.6. The maximum atomic E-state index is 12.6. The van der Waals surface area contributed by atoms with Crippen molar-refractivity contribution >= 4 is 25.7 Å². The molecule has 55 heavy (non-hydrogen) atoms. The van der Waals surface area contributed by atoms with Gasteiger partial charge in [0, 0.05) is 12.8 Å². The van der Waals surface area contributed by atoms with Crippen molar-refractivity contribution in [2.75, 3.05) is 19.8 Å². The number of carbonyl (C=O) groups is 3. The Morgan fingerprint density at radius 2 is 0.909 bits per heavy atom. The normalized spacial score (nSPS) is 13.8. The molecule has 0 aliphatic heterocycles. The third-order valence-electron chi connectivity index (χ3n) is 9.76. The van der Waals surface area contributed by atoms with Crippen molar-refractivity contribution in [3.8, 4) is 0 Å². The summed E-state index contributed by atoms with van der Waals surface area (Å²) in [4.78, 5) is 45.9. The van der Waals surface area contributed by atoms with E-state index in [4.69, 9.17) is 24.8 Å². The zero-order chi connectivity index (χ0) is 40.7. The van der Waals surface area contributed by atoms with Crippen molar-refractivity contribution in [1.82, 2.24) is 0 Å². The van der Waals surface area contributed by atoms with Crippen molar-refractivity contribution in [3.63, 3.8) is 0 Å². The van der Waals surface area contributed by atoms with E-state index in [0.29, 0.717) is 12.8 Å². The number of allylic oxidation sites excluding steroid dienone is 2. The predicted octanol–water partition coefficient (Wildman–Crippen LogP) is 11.7. The standard InChI is InChI=1S/C43H82NO10P/c1-3-5-7-9-11-13-15-17-18-19-20-21-23-24-26-28-30-32-34-41(45)51-36-39(37-52-55(49,50)53-38-40(44)43(47)48)54-42(46)35-33-31-29-27-25-22-16-14-12-10-8-6-4-2/h14,16,39-40H,3-13,15,17-38,44H2,1-2H3,(H,47,48)(H,49,50)/b16-14-. The lowest BCUT2D eigenvalue weighted by atomic mass is 10.0. The predicted molar refractivity (Wildman–Crippen MR) is 222 cm³/mol. The Morgan fingerprint density at radius 3 is 1.35 bits per heavy atom. The first-order valence-corrected chi connectivity index (χ1v) is 23.7. The SMILES string of the molecule is CCCCCC/C=C\CCCCCCCC(=O)OC(COC(=O)CCCCCCCCCCCCCCCCCCCC)COP(=O)(O)OCC(N)C(=O)O. The molecule has 11 nitrogen and oxygen atoms in total. The number of phosphoric ester groups is 1. The van der Waals surface area contributed by atoms with Crippen LogP contribution >= 0.6 is 7.82 Å². The first kappa shape index (κ1) is 53.2. The number of nitrogens with two attached hydrogens (primary N) is 1. The second kappa shape index (κ2) is 39.1. The van der Waals surface area contributed by atoms with Crippen LogP contribution in [0.15, 0.2) is 12.2 Å². The summed E-state index contributed by atoms with van der Waals surface area (Å²) in [6.45, 7) is 2.80. The zero-order valence-electron chi connectivity index (χ0n) is 35.0. The second-order valence-electron chi connectivity index (χ2n) is 15.2. The Labute approximate surface area is 335 Å². The fraction of sp³-hybridized carbons (Fsp3) is 0.884. The van der Waals surface area contributed by atoms with Crippen LogP contribution in [0.25, 0.3) is 0 Å². The number of carboxylic acids is 1. The summed E-state index contributed by atoms with van der Waals surface area (Å²) in [5, 5.41) is 8.88. The number of carbonyl (C=O) groups excluding carboxylic acids is 2. The molecule has 4 N–H and O–H groups in total. The molecule has 0 fully saturated rings. The highest BCUT2D eigenvalue weighted by Gasteiger charge is 2.28. The Morgan fingerprint density at radius 1 is 0.545 bits per heavy atom. The fourth-order valence-corrected chi connectivity index (χ4v) is 7.02. The van der Waals surface area contributed by atoms with Crippen LogP contribution in [0.4, 0.5) is 0 Å². The number of unbranched alkanes of at least 4 members (excludes halogenated alkanes) is 26. The topological polar surface area (TPSA) is 172 Å². The Kier molecular flexibility index (Phi) is 37.8. The number of hydrogen-bond acceptors (Lipinski definition) is 9. The number of aliphatic carboxylic acids is 1. The number of phosphoric acid groups is 1. The molecule has 0 heterocycles. The molecule has 0 radical (unpaired) electrons. The van der Waals surface area contributed by atoms with E-state index >= 15 is 0 Å². The lowest BCUT2D eigenvalue weighted by Gasteiger charge is -2.20. The van der Waals surface area contributed by atoms with Gasteiger partial charge in [-0.05, 0) is 38.5 Å². The van der Waals surface area contributed by atoms with E-state index in [2.05, 4.69) is 30.5 Å². The largest absolute Gasteiger partial charge is 0.480 e. The van der Waals surface area contributed by atoms with Crippen LogP contribution < -0.4 is 5.73 Å². The molecule has 324 valence electrons. The van der Waals surface area contributed by atoms with Gasteiger partial charge in [-0.15, -0.1) is 0 Å². The summed E-state index contributed by atoms with van der Waals surface area (Å²) in [7, 11) is -4.71. The summed E-state index contributed by atoms with van der Waals surface area (Å²) >= 11 is 0. The van der Waals surface area contributed by atoms with E-state index in [1.807, 2.05) is 0 Å². The van der Waals surface area contributed by atoms with Crippen LogP contribution in [-0.2, 0) is 37.5 Å². The number of hydrogen-bond donors (Lipinski definition) is 3. The quantitative estimate of drug-likeness (QED) is 0.0232. The molecule has 0 rings (SSSR count). The van der Waals surface area contributed by atoms with E-state index in [9.17, 15) is 23.8 Å². The summed E-state index contributed by atoms with van der Waals surface area (Å²) in [6, 6.07) is -1.52. The van der Waals surface area contributed by atoms with Crippen LogP contribution in [0.1, 0.15) is 213 Å². The van der Waals surface area contributed by atoms with Crippen molar-refractivity contribution in [3.05, 3.63) is 12.2 Å². The maximum Gasteiger partial charge on any atom is 0.472 e. The van der Waals surface area contributed by atoms with Gasteiger partial charge in [-0.2, -0.15) is 0 Å². The zero-order valence-corrected chi connectivity index (χ0v) is 35.9. The molecule has 0 aromatic rings. The molecular formula is C43H82NO10P. The van der Waals surface area contributed by atoms with Gasteiger partial charge in [0.15, 0.2) is 6.10 Å². The number of esters is 2. The van der Waals surface area contributed by atoms with Crippen LogP contribution in [0.5, 0.6) is 0 Å². The molecule has 3 unspecified atom stereocenters. The molecule has 0 saturated carbocycles. The van der Waals surface area contributed by atoms with Gasteiger partial charge in [0.2, 0.25) is 0 Å². The van der Waals surface area contributed by atoms with Gasteiger partial charge in [-0.1, -0.05) is 174 Å². The summed E-state index contributed by atoms with van der Waals surface area (Å²) in [6.07, 6.45) is 38.5. The minimum atomic E-state index is -4.71. The minimum Gasteiger partial charge on any atom is -0.480 e. The second-order valence-corrected chi connectivity index (χ2v) is 16.6. The highest BCUT2D eigenvalue weighted by molar-refractivity contribution is 7.47. The van der Waals surface area contributed by atoms with Crippen LogP contribution in [0.3, 0.4) is 0 Å². The van der Waals surface area contributed by atoms with Crippen molar-refractivity contribution < 1.29 is 47.5 Å². The molecule has 3 atom stereocenters. The van der Waals surface area contributed by atoms with Crippen LogP contribution in [0.2, 0.25) is 0 Å². The molecule has 0 aliphatic rings. The van der Waals surface area contributed by atoms with Gasteiger partial charge >= 0.3 is 25.7 Å². The monoisotopic (exact) mass is 804 g/mol. The van der Waals surface area contributed by atoms with Gasteiger partial charge in [-0.25, -0.2) is 4.57 Å². The highest BCUT2D eigenvalue weighted by atomic mass is 31.2. The molecule has 0 aliphatic carbocycles. The van der Waals surface area contributed by atoms with Gasteiger partial charge in [-0.3, -0.25) is 23.4 Å². The molecular weight excluding hydrogens is 721 g/mol. The molecule has 0 spiro atoms. The molecule has 0 bridgehead atoms. The van der Waals surface area contributed by atoms with E-state index in [1.54, 1.807) is 0 Å². The van der Waals surface area contributed by atoms with Gasteiger partial charge in [0.1, 0.15) is 12.6 Å². The Hall–Kier alpha value is -1.78. The van der Waals surface area contributed by atoms with Gasteiger partial charge < -0.3 is 25.2 Å². The average molecular weight is 804 g/mol. The third-order valence-corrected chi connectivity index (χ3v) is 10.7. The van der Waals surface area contributed by atoms with E-state index < -0.39 is 51.1 Å². The molecule has 0 amide bonds. The van der Waals surface area contributed by atoms with Crippen molar-refractivity contribution in [1.29, 1.82) is 0 Å². The van der Waals surface area contributed by atoms with Crippen LogP contribution in [0, 0.1) is 0 Å². The minimum absolute atomic E-state index is 0.155. The Bertz CT molecular complexity index is 995. The first-order valence-electron chi connectivity index (χ1n) is 22.2. The lowest BCUT2D eigenvalue weighted by Crippen LogP contribution is -2.34. The molecule has 0 saturated heterocycles. The van der Waals surface area contributed by atoms with Crippen molar-refractivity contribution in [2.45, 2.75) is 225 Å². The fourth-order valence-electron chi connectivity index (χ4n) is 6.24. The summed E-state index contributed by atoms with van der Waals surface area (Å²) < 4.78 is 32.7. The van der Waals surface area contributed by atoms with Gasteiger partial charge in [0.05, 0.1) is 13.2 Å². The van der Waals surface area contributed by atoms with E-state index in [-0.39, 0.29) is 19.4 Å². The van der Waals surface area contributed by atoms with Gasteiger partial charge in [0.25, 0.3) is 0 Å². The van der Waals surface area contributed by atoms with Crippen LogP contribution in [-0.4, -0.2) is 59.9 Å². The smallest absolute Gasteiger partial charge is 0.472 e. The maximum absolute atomic E-state index is 12.6. The molecule has 0 aromatic carbocycles. The Balaban J connectivity index is 4.29. The molecule has 12 heteroatoms. The average Bonchev–Trinajstić information content (AvgIpc) is 3.16. The third kappa shape index (κ3) is 38.9. The molecule has 0 aromatic heterocycles. The highest BCUT2D eigenvalue weighted by Crippen LogP contribution is 2.43.